The SMILES string of the molecule is CCCn1nccc1C(O)c1cc(F)cc(F)c1. The zero-order valence-electron chi connectivity index (χ0n) is 9.98. The van der Waals surface area contributed by atoms with Gasteiger partial charge in [0.1, 0.15) is 17.7 Å². The molecule has 3 nitrogen and oxygen atoms in total. The first-order valence-electron chi connectivity index (χ1n) is 5.77. The van der Waals surface area contributed by atoms with Gasteiger partial charge in [0.2, 0.25) is 0 Å². The Kier molecular flexibility index (Phi) is 3.72. The van der Waals surface area contributed by atoms with Crippen LogP contribution in [0, 0.1) is 11.6 Å². The van der Waals surface area contributed by atoms with Gasteiger partial charge < -0.3 is 5.11 Å². The minimum absolute atomic E-state index is 0.186. The second-order valence-electron chi connectivity index (χ2n) is 4.08. The Morgan fingerprint density at radius 1 is 1.28 bits per heavy atom. The maximum absolute atomic E-state index is 13.1. The van der Waals surface area contributed by atoms with Crippen LogP contribution in [-0.4, -0.2) is 14.9 Å². The van der Waals surface area contributed by atoms with Crippen molar-refractivity contribution in [2.45, 2.75) is 26.0 Å². The molecule has 1 unspecified atom stereocenters. The number of aliphatic hydroxyl groups excluding tert-OH is 1. The minimum Gasteiger partial charge on any atom is -0.382 e. The normalized spacial score (nSPS) is 12.7. The number of hydrogen-bond donors (Lipinski definition) is 1. The van der Waals surface area contributed by atoms with Gasteiger partial charge in [0.15, 0.2) is 0 Å². The number of benzene rings is 1. The summed E-state index contributed by atoms with van der Waals surface area (Å²) >= 11 is 0. The van der Waals surface area contributed by atoms with E-state index in [2.05, 4.69) is 5.10 Å². The predicted octanol–water partition coefficient (Wildman–Crippen LogP) is 2.65. The highest BCUT2D eigenvalue weighted by molar-refractivity contribution is 5.26. The van der Waals surface area contributed by atoms with E-state index >= 15 is 0 Å². The molecule has 1 atom stereocenters. The van der Waals surface area contributed by atoms with E-state index < -0.39 is 17.7 Å². The molecule has 2 aromatic rings. The zero-order chi connectivity index (χ0) is 13.1. The first-order valence-corrected chi connectivity index (χ1v) is 5.77. The molecule has 0 amide bonds. The van der Waals surface area contributed by atoms with Crippen LogP contribution < -0.4 is 0 Å². The molecule has 0 bridgehead atoms. The Labute approximate surface area is 104 Å². The Morgan fingerprint density at radius 2 is 1.94 bits per heavy atom. The van der Waals surface area contributed by atoms with Gasteiger partial charge in [-0.25, -0.2) is 8.78 Å². The second kappa shape index (κ2) is 5.27. The van der Waals surface area contributed by atoms with Crippen LogP contribution in [0.2, 0.25) is 0 Å². The Balaban J connectivity index is 2.34. The van der Waals surface area contributed by atoms with Crippen molar-refractivity contribution in [3.63, 3.8) is 0 Å². The van der Waals surface area contributed by atoms with Crippen molar-refractivity contribution in [2.24, 2.45) is 0 Å². The smallest absolute Gasteiger partial charge is 0.126 e. The van der Waals surface area contributed by atoms with E-state index in [0.717, 1.165) is 24.6 Å². The van der Waals surface area contributed by atoms with Crippen LogP contribution in [0.25, 0.3) is 0 Å². The van der Waals surface area contributed by atoms with Crippen LogP contribution in [0.4, 0.5) is 8.78 Å². The van der Waals surface area contributed by atoms with E-state index in [4.69, 9.17) is 0 Å². The summed E-state index contributed by atoms with van der Waals surface area (Å²) in [5.41, 5.74) is 0.715. The van der Waals surface area contributed by atoms with Gasteiger partial charge in [0.25, 0.3) is 0 Å². The first kappa shape index (κ1) is 12.7. The van der Waals surface area contributed by atoms with E-state index in [0.29, 0.717) is 12.2 Å². The molecule has 1 N–H and O–H groups in total. The number of nitrogens with zero attached hydrogens (tertiary/aromatic N) is 2. The van der Waals surface area contributed by atoms with E-state index in [-0.39, 0.29) is 5.56 Å². The quantitative estimate of drug-likeness (QED) is 0.908. The molecule has 5 heteroatoms. The number of rotatable bonds is 4. The molecule has 18 heavy (non-hydrogen) atoms. The monoisotopic (exact) mass is 252 g/mol. The van der Waals surface area contributed by atoms with Crippen LogP contribution >= 0.6 is 0 Å². The fourth-order valence-corrected chi connectivity index (χ4v) is 1.88. The van der Waals surface area contributed by atoms with Crippen molar-refractivity contribution in [2.75, 3.05) is 0 Å². The number of halogens is 2. The topological polar surface area (TPSA) is 38.0 Å². The van der Waals surface area contributed by atoms with E-state index in [1.54, 1.807) is 16.9 Å². The predicted molar refractivity (Wildman–Crippen MR) is 62.9 cm³/mol. The molecule has 1 heterocycles. The summed E-state index contributed by atoms with van der Waals surface area (Å²) in [6.07, 6.45) is 1.34. The molecule has 0 saturated heterocycles. The number of aryl methyl sites for hydroxylation is 1. The van der Waals surface area contributed by atoms with Crippen molar-refractivity contribution < 1.29 is 13.9 Å². The third-order valence-corrected chi connectivity index (χ3v) is 2.67. The highest BCUT2D eigenvalue weighted by Crippen LogP contribution is 2.23. The van der Waals surface area contributed by atoms with E-state index in [1.807, 2.05) is 6.92 Å². The minimum atomic E-state index is -1.08. The Bertz CT molecular complexity index is 519. The lowest BCUT2D eigenvalue weighted by molar-refractivity contribution is 0.206. The van der Waals surface area contributed by atoms with Crippen molar-refractivity contribution in [3.8, 4) is 0 Å². The highest BCUT2D eigenvalue weighted by atomic mass is 19.1. The molecule has 0 aliphatic carbocycles. The first-order chi connectivity index (χ1) is 8.61. The summed E-state index contributed by atoms with van der Waals surface area (Å²) in [7, 11) is 0. The van der Waals surface area contributed by atoms with E-state index in [1.165, 1.54) is 0 Å². The summed E-state index contributed by atoms with van der Waals surface area (Å²) in [5.74, 6) is -1.41. The standard InChI is InChI=1S/C13H14F2N2O/c1-2-5-17-12(3-4-16-17)13(18)9-6-10(14)8-11(15)7-9/h3-4,6-8,13,18H,2,5H2,1H3. The molecule has 1 aromatic carbocycles. The fourth-order valence-electron chi connectivity index (χ4n) is 1.88. The van der Waals surface area contributed by atoms with Gasteiger partial charge in [-0.2, -0.15) is 5.10 Å². The van der Waals surface area contributed by atoms with Crippen LogP contribution in [0.5, 0.6) is 0 Å². The molecular weight excluding hydrogens is 238 g/mol. The summed E-state index contributed by atoms with van der Waals surface area (Å²) < 4.78 is 27.8. The van der Waals surface area contributed by atoms with Crippen LogP contribution in [-0.2, 0) is 6.54 Å². The summed E-state index contributed by atoms with van der Waals surface area (Å²) in [5, 5.41) is 14.2. The number of aromatic nitrogens is 2. The molecule has 1 aromatic heterocycles. The van der Waals surface area contributed by atoms with Gasteiger partial charge in [0.05, 0.1) is 5.69 Å². The van der Waals surface area contributed by atoms with Gasteiger partial charge in [-0.1, -0.05) is 6.92 Å². The molecule has 0 radical (unpaired) electrons. The molecule has 0 saturated carbocycles. The van der Waals surface area contributed by atoms with Gasteiger partial charge >= 0.3 is 0 Å². The summed E-state index contributed by atoms with van der Waals surface area (Å²) in [6.45, 7) is 2.64. The lowest BCUT2D eigenvalue weighted by atomic mass is 10.1. The van der Waals surface area contributed by atoms with Crippen LogP contribution in [0.3, 0.4) is 0 Å². The van der Waals surface area contributed by atoms with Crippen LogP contribution in [0.1, 0.15) is 30.7 Å². The van der Waals surface area contributed by atoms with Crippen molar-refractivity contribution in [1.82, 2.24) is 9.78 Å². The molecule has 96 valence electrons. The summed E-state index contributed by atoms with van der Waals surface area (Å²) in [6, 6.07) is 4.66. The largest absolute Gasteiger partial charge is 0.382 e. The van der Waals surface area contributed by atoms with Gasteiger partial charge in [-0.15, -0.1) is 0 Å². The number of aliphatic hydroxyl groups is 1. The van der Waals surface area contributed by atoms with Crippen molar-refractivity contribution in [1.29, 1.82) is 0 Å². The molecule has 0 fully saturated rings. The molecule has 0 aliphatic heterocycles. The highest BCUT2D eigenvalue weighted by Gasteiger charge is 2.16. The van der Waals surface area contributed by atoms with Crippen molar-refractivity contribution in [3.05, 3.63) is 53.4 Å². The zero-order valence-corrected chi connectivity index (χ0v) is 9.98. The second-order valence-corrected chi connectivity index (χ2v) is 4.08. The van der Waals surface area contributed by atoms with E-state index in [9.17, 15) is 13.9 Å². The Hall–Kier alpha value is -1.75. The summed E-state index contributed by atoms with van der Waals surface area (Å²) in [4.78, 5) is 0. The van der Waals surface area contributed by atoms with Gasteiger partial charge in [-0.3, -0.25) is 4.68 Å². The third-order valence-electron chi connectivity index (χ3n) is 2.67. The average molecular weight is 252 g/mol. The number of hydrogen-bond acceptors (Lipinski definition) is 2. The fraction of sp³-hybridized carbons (Fsp3) is 0.308. The van der Waals surface area contributed by atoms with Gasteiger partial charge in [-0.05, 0) is 30.2 Å². The molecule has 0 spiro atoms. The van der Waals surface area contributed by atoms with Gasteiger partial charge in [0, 0.05) is 18.8 Å². The Morgan fingerprint density at radius 3 is 2.56 bits per heavy atom. The maximum Gasteiger partial charge on any atom is 0.126 e. The molecule has 0 aliphatic rings. The third kappa shape index (κ3) is 2.56. The lowest BCUT2D eigenvalue weighted by Gasteiger charge is -2.13. The van der Waals surface area contributed by atoms with Crippen LogP contribution in [0.15, 0.2) is 30.5 Å². The lowest BCUT2D eigenvalue weighted by Crippen LogP contribution is -2.10. The maximum atomic E-state index is 13.1. The average Bonchev–Trinajstić information content (AvgIpc) is 2.75. The molecule has 2 rings (SSSR count). The van der Waals surface area contributed by atoms with Crippen molar-refractivity contribution >= 4 is 0 Å². The molecular formula is C13H14F2N2O.